The molecular weight excluding hydrogens is 206 g/mol. The Hall–Kier alpha value is -1.63. The second-order valence-corrected chi connectivity index (χ2v) is 4.58. The molecule has 0 fully saturated rings. The summed E-state index contributed by atoms with van der Waals surface area (Å²) in [5.41, 5.74) is 6.73. The lowest BCUT2D eigenvalue weighted by molar-refractivity contribution is -0.667. The highest BCUT2D eigenvalue weighted by Gasteiger charge is 2.18. The molecule has 1 aromatic carbocycles. The molecule has 2 aromatic rings. The summed E-state index contributed by atoms with van der Waals surface area (Å²) >= 11 is 0. The average molecular weight is 226 g/mol. The molecule has 1 aromatic heterocycles. The normalized spacial score (nSPS) is 10.6. The van der Waals surface area contributed by atoms with Crippen LogP contribution in [0, 0.1) is 13.8 Å². The van der Waals surface area contributed by atoms with E-state index in [4.69, 9.17) is 0 Å². The quantitative estimate of drug-likeness (QED) is 0.691. The fourth-order valence-corrected chi connectivity index (χ4v) is 2.28. The van der Waals surface area contributed by atoms with Gasteiger partial charge in [0, 0.05) is 24.1 Å². The predicted octanol–water partition coefficient (Wildman–Crippen LogP) is 3.36. The third kappa shape index (κ3) is 2.10. The molecule has 0 atom stereocenters. The van der Waals surface area contributed by atoms with Gasteiger partial charge in [0.05, 0.1) is 0 Å². The van der Waals surface area contributed by atoms with Crippen molar-refractivity contribution in [3.05, 3.63) is 53.2 Å². The van der Waals surface area contributed by atoms with E-state index in [0.29, 0.717) is 0 Å². The highest BCUT2D eigenvalue weighted by molar-refractivity contribution is 5.64. The number of hydrogen-bond donors (Lipinski definition) is 0. The van der Waals surface area contributed by atoms with E-state index in [0.717, 1.165) is 6.42 Å². The van der Waals surface area contributed by atoms with Gasteiger partial charge in [-0.3, -0.25) is 0 Å². The molecule has 0 unspecified atom stereocenters. The van der Waals surface area contributed by atoms with Gasteiger partial charge in [0.1, 0.15) is 7.05 Å². The van der Waals surface area contributed by atoms with E-state index in [9.17, 15) is 0 Å². The second-order valence-electron chi connectivity index (χ2n) is 4.58. The number of nitrogens with zero attached hydrogens (tertiary/aromatic N) is 1. The van der Waals surface area contributed by atoms with Crippen molar-refractivity contribution in [2.24, 2.45) is 7.05 Å². The third-order valence-electron chi connectivity index (χ3n) is 3.48. The highest BCUT2D eigenvalue weighted by Crippen LogP contribution is 2.24. The molecule has 1 heteroatoms. The predicted molar refractivity (Wildman–Crippen MR) is 71.9 cm³/mol. The van der Waals surface area contributed by atoms with Gasteiger partial charge in [-0.25, -0.2) is 0 Å². The first-order chi connectivity index (χ1) is 8.15. The second kappa shape index (κ2) is 4.70. The van der Waals surface area contributed by atoms with Gasteiger partial charge >= 0.3 is 0 Å². The minimum Gasteiger partial charge on any atom is -0.198 e. The zero-order chi connectivity index (χ0) is 12.4. The van der Waals surface area contributed by atoms with Crippen LogP contribution in [0.1, 0.15) is 23.7 Å². The lowest BCUT2D eigenvalue weighted by Crippen LogP contribution is -2.35. The van der Waals surface area contributed by atoms with Crippen LogP contribution in [0.15, 0.2) is 36.4 Å². The molecule has 17 heavy (non-hydrogen) atoms. The van der Waals surface area contributed by atoms with Gasteiger partial charge < -0.3 is 0 Å². The number of benzene rings is 1. The number of aryl methyl sites for hydroxylation is 3. The van der Waals surface area contributed by atoms with Crippen molar-refractivity contribution in [3.8, 4) is 11.3 Å². The minimum atomic E-state index is 1.07. The lowest BCUT2D eigenvalue weighted by atomic mass is 9.99. The summed E-state index contributed by atoms with van der Waals surface area (Å²) in [6.07, 6.45) is 1.07. The SMILES string of the molecule is CCc1ccc(C)[n+](C)c1-c1ccccc1C. The van der Waals surface area contributed by atoms with Crippen molar-refractivity contribution >= 4 is 0 Å². The van der Waals surface area contributed by atoms with E-state index in [1.165, 1.54) is 28.1 Å². The Kier molecular flexibility index (Phi) is 3.28. The van der Waals surface area contributed by atoms with Crippen LogP contribution in [0.2, 0.25) is 0 Å². The standard InChI is InChI=1S/C16H20N/c1-5-14-11-10-13(3)17(4)16(14)15-9-7-6-8-12(15)2/h6-11H,5H2,1-4H3/q+1. The molecule has 0 amide bonds. The molecule has 0 aliphatic heterocycles. The van der Waals surface area contributed by atoms with E-state index in [2.05, 4.69) is 68.8 Å². The Bertz CT molecular complexity index is 541. The zero-order valence-corrected chi connectivity index (χ0v) is 11.1. The van der Waals surface area contributed by atoms with Crippen molar-refractivity contribution in [1.82, 2.24) is 0 Å². The van der Waals surface area contributed by atoms with E-state index in [1.807, 2.05) is 0 Å². The molecule has 0 aliphatic rings. The van der Waals surface area contributed by atoms with Crippen LogP contribution in [0.4, 0.5) is 0 Å². The summed E-state index contributed by atoms with van der Waals surface area (Å²) in [6, 6.07) is 13.0. The molecule has 0 N–H and O–H groups in total. The molecule has 0 aliphatic carbocycles. The van der Waals surface area contributed by atoms with Gasteiger partial charge in [-0.2, -0.15) is 4.57 Å². The average Bonchev–Trinajstić information content (AvgIpc) is 2.34. The highest BCUT2D eigenvalue weighted by atomic mass is 14.9. The zero-order valence-electron chi connectivity index (χ0n) is 11.1. The summed E-state index contributed by atoms with van der Waals surface area (Å²) in [6.45, 7) is 6.55. The summed E-state index contributed by atoms with van der Waals surface area (Å²) in [5.74, 6) is 0. The summed E-state index contributed by atoms with van der Waals surface area (Å²) in [7, 11) is 2.15. The number of pyridine rings is 1. The van der Waals surface area contributed by atoms with Gasteiger partial charge in [-0.1, -0.05) is 25.1 Å². The maximum Gasteiger partial charge on any atom is 0.215 e. The minimum absolute atomic E-state index is 1.07. The fourth-order valence-electron chi connectivity index (χ4n) is 2.28. The Morgan fingerprint density at radius 1 is 1.00 bits per heavy atom. The van der Waals surface area contributed by atoms with E-state index in [-0.39, 0.29) is 0 Å². The molecule has 0 saturated heterocycles. The van der Waals surface area contributed by atoms with E-state index < -0.39 is 0 Å². The van der Waals surface area contributed by atoms with Crippen LogP contribution >= 0.6 is 0 Å². The topological polar surface area (TPSA) is 3.88 Å². The molecule has 2 rings (SSSR count). The Morgan fingerprint density at radius 3 is 2.35 bits per heavy atom. The molecule has 0 bridgehead atoms. The Morgan fingerprint density at radius 2 is 1.71 bits per heavy atom. The molecule has 0 saturated carbocycles. The van der Waals surface area contributed by atoms with E-state index >= 15 is 0 Å². The maximum absolute atomic E-state index is 2.29. The summed E-state index contributed by atoms with van der Waals surface area (Å²) in [4.78, 5) is 0. The van der Waals surface area contributed by atoms with Crippen LogP contribution in [-0.2, 0) is 13.5 Å². The fraction of sp³-hybridized carbons (Fsp3) is 0.312. The molecule has 1 nitrogen and oxygen atoms in total. The molecular formula is C16H20N+. The molecule has 0 spiro atoms. The molecule has 0 radical (unpaired) electrons. The van der Waals surface area contributed by atoms with Gasteiger partial charge in [0.2, 0.25) is 5.69 Å². The van der Waals surface area contributed by atoms with Crippen LogP contribution in [0.25, 0.3) is 11.3 Å². The first kappa shape index (κ1) is 11.8. The molecule has 1 heterocycles. The Labute approximate surface area is 104 Å². The van der Waals surface area contributed by atoms with Crippen molar-refractivity contribution in [3.63, 3.8) is 0 Å². The first-order valence-electron chi connectivity index (χ1n) is 6.19. The summed E-state index contributed by atoms with van der Waals surface area (Å²) in [5, 5.41) is 0. The first-order valence-corrected chi connectivity index (χ1v) is 6.19. The van der Waals surface area contributed by atoms with E-state index in [1.54, 1.807) is 0 Å². The van der Waals surface area contributed by atoms with Crippen molar-refractivity contribution in [1.29, 1.82) is 0 Å². The third-order valence-corrected chi connectivity index (χ3v) is 3.48. The van der Waals surface area contributed by atoms with Crippen LogP contribution in [0.5, 0.6) is 0 Å². The van der Waals surface area contributed by atoms with Gasteiger partial charge in [-0.15, -0.1) is 0 Å². The number of hydrogen-bond acceptors (Lipinski definition) is 0. The maximum atomic E-state index is 2.29. The van der Waals surface area contributed by atoms with Crippen LogP contribution in [-0.4, -0.2) is 0 Å². The van der Waals surface area contributed by atoms with Crippen molar-refractivity contribution in [2.45, 2.75) is 27.2 Å². The van der Waals surface area contributed by atoms with Crippen molar-refractivity contribution in [2.75, 3.05) is 0 Å². The Balaban J connectivity index is 2.74. The number of rotatable bonds is 2. The largest absolute Gasteiger partial charge is 0.215 e. The number of aromatic nitrogens is 1. The van der Waals surface area contributed by atoms with Gasteiger partial charge in [-0.05, 0) is 31.0 Å². The molecule has 88 valence electrons. The van der Waals surface area contributed by atoms with Gasteiger partial charge in [0.15, 0.2) is 5.69 Å². The van der Waals surface area contributed by atoms with Crippen LogP contribution in [0.3, 0.4) is 0 Å². The van der Waals surface area contributed by atoms with Gasteiger partial charge in [0.25, 0.3) is 0 Å². The monoisotopic (exact) mass is 226 g/mol. The van der Waals surface area contributed by atoms with Crippen molar-refractivity contribution < 1.29 is 4.57 Å². The van der Waals surface area contributed by atoms with Crippen LogP contribution < -0.4 is 4.57 Å². The summed E-state index contributed by atoms with van der Waals surface area (Å²) < 4.78 is 2.29. The lowest BCUT2D eigenvalue weighted by Gasteiger charge is -2.09. The smallest absolute Gasteiger partial charge is 0.198 e.